The van der Waals surface area contributed by atoms with Gasteiger partial charge in [-0.1, -0.05) is 30.3 Å². The molecule has 0 saturated heterocycles. The van der Waals surface area contributed by atoms with Crippen molar-refractivity contribution in [2.24, 2.45) is 0 Å². The van der Waals surface area contributed by atoms with Crippen LogP contribution in [0, 0.1) is 5.82 Å². The van der Waals surface area contributed by atoms with Crippen LogP contribution in [-0.4, -0.2) is 22.7 Å². The Morgan fingerprint density at radius 3 is 2.43 bits per heavy atom. The molecule has 0 fully saturated rings. The fourth-order valence-electron chi connectivity index (χ4n) is 2.49. The number of anilines is 2. The van der Waals surface area contributed by atoms with Gasteiger partial charge in [0.25, 0.3) is 11.8 Å². The van der Waals surface area contributed by atoms with Crippen LogP contribution in [0.15, 0.2) is 66.1 Å². The molecule has 0 bridgehead atoms. The number of thiazole rings is 1. The highest BCUT2D eigenvalue weighted by Gasteiger charge is 2.17. The number of amides is 3. The molecule has 7 nitrogen and oxygen atoms in total. The molecule has 2 aromatic carbocycles. The van der Waals surface area contributed by atoms with Gasteiger partial charge in [0.15, 0.2) is 5.13 Å². The highest BCUT2D eigenvalue weighted by atomic mass is 32.1. The zero-order valence-electron chi connectivity index (χ0n) is 15.8. The molecule has 0 aliphatic heterocycles. The molecule has 1 heterocycles. The van der Waals surface area contributed by atoms with Gasteiger partial charge in [-0.25, -0.2) is 9.37 Å². The second kappa shape index (κ2) is 9.57. The van der Waals surface area contributed by atoms with Crippen LogP contribution in [0.1, 0.15) is 23.0 Å². The summed E-state index contributed by atoms with van der Waals surface area (Å²) in [6, 6.07) is 14.5. The number of hydrazine groups is 1. The molecule has 152 valence electrons. The number of benzene rings is 2. The average molecular weight is 424 g/mol. The van der Waals surface area contributed by atoms with Gasteiger partial charge < -0.3 is 0 Å². The summed E-state index contributed by atoms with van der Waals surface area (Å²) in [5.74, 6) is -2.28. The molecule has 9 heteroatoms. The van der Waals surface area contributed by atoms with E-state index >= 15 is 0 Å². The lowest BCUT2D eigenvalue weighted by Gasteiger charge is -2.17. The van der Waals surface area contributed by atoms with Gasteiger partial charge in [-0.05, 0) is 30.3 Å². The summed E-state index contributed by atoms with van der Waals surface area (Å²) >= 11 is 1.25. The maximum atomic E-state index is 13.6. The first-order valence-electron chi connectivity index (χ1n) is 8.80. The summed E-state index contributed by atoms with van der Waals surface area (Å²) in [4.78, 5) is 41.7. The second-order valence-corrected chi connectivity index (χ2v) is 6.84. The van der Waals surface area contributed by atoms with Crippen LogP contribution in [0.4, 0.5) is 15.2 Å². The summed E-state index contributed by atoms with van der Waals surface area (Å²) in [5.41, 5.74) is 5.27. The second-order valence-electron chi connectivity index (χ2n) is 6.00. The molecule has 0 saturated carbocycles. The first-order valence-corrected chi connectivity index (χ1v) is 9.68. The molecule has 30 heavy (non-hydrogen) atoms. The van der Waals surface area contributed by atoms with Crippen molar-refractivity contribution < 1.29 is 18.8 Å². The normalized spacial score (nSPS) is 10.6. The molecule has 0 unspecified atom stereocenters. The van der Waals surface area contributed by atoms with Gasteiger partial charge in [-0.15, -0.1) is 11.3 Å². The number of halogens is 1. The van der Waals surface area contributed by atoms with E-state index in [9.17, 15) is 18.8 Å². The van der Waals surface area contributed by atoms with E-state index in [1.54, 1.807) is 17.5 Å². The van der Waals surface area contributed by atoms with Crippen LogP contribution in [0.5, 0.6) is 0 Å². The Morgan fingerprint density at radius 1 is 1.03 bits per heavy atom. The van der Waals surface area contributed by atoms with E-state index in [0.717, 1.165) is 6.07 Å². The number of para-hydroxylation sites is 1. The lowest BCUT2D eigenvalue weighted by atomic mass is 10.2. The number of hydrogen-bond donors (Lipinski definition) is 2. The molecule has 3 rings (SSSR count). The first kappa shape index (κ1) is 20.9. The zero-order chi connectivity index (χ0) is 21.5. The monoisotopic (exact) mass is 424 g/mol. The molecule has 3 amide bonds. The summed E-state index contributed by atoms with van der Waals surface area (Å²) in [6.07, 6.45) is 2.61. The Bertz CT molecular complexity index is 1100. The Hall–Kier alpha value is -3.85. The van der Waals surface area contributed by atoms with Crippen molar-refractivity contribution in [3.63, 3.8) is 0 Å². The summed E-state index contributed by atoms with van der Waals surface area (Å²) in [7, 11) is 0. The number of rotatable bonds is 5. The molecule has 0 radical (unpaired) electrons. The molecular formula is C21H17FN4O3S. The van der Waals surface area contributed by atoms with Gasteiger partial charge in [-0.3, -0.25) is 30.1 Å². The van der Waals surface area contributed by atoms with E-state index in [4.69, 9.17) is 0 Å². The smallest absolute Gasteiger partial charge is 0.272 e. The number of nitrogens with one attached hydrogen (secondary N) is 2. The minimum Gasteiger partial charge on any atom is -0.274 e. The van der Waals surface area contributed by atoms with Crippen LogP contribution in [-0.2, 0) is 9.59 Å². The van der Waals surface area contributed by atoms with Crippen LogP contribution < -0.4 is 15.8 Å². The van der Waals surface area contributed by atoms with E-state index in [1.165, 1.54) is 53.5 Å². The number of carbonyl (C=O) groups is 3. The van der Waals surface area contributed by atoms with Crippen LogP contribution in [0.25, 0.3) is 6.08 Å². The number of nitrogens with zero attached hydrogens (tertiary/aromatic N) is 2. The van der Waals surface area contributed by atoms with Crippen LogP contribution in [0.3, 0.4) is 0 Å². The van der Waals surface area contributed by atoms with Gasteiger partial charge in [0.2, 0.25) is 5.91 Å². The van der Waals surface area contributed by atoms with Gasteiger partial charge in [-0.2, -0.15) is 0 Å². The third kappa shape index (κ3) is 5.15. The Morgan fingerprint density at radius 2 is 1.73 bits per heavy atom. The van der Waals surface area contributed by atoms with Crippen molar-refractivity contribution in [2.45, 2.75) is 6.92 Å². The molecule has 0 aliphatic carbocycles. The van der Waals surface area contributed by atoms with Crippen molar-refractivity contribution in [3.05, 3.63) is 83.1 Å². The van der Waals surface area contributed by atoms with E-state index in [-0.39, 0.29) is 11.5 Å². The molecule has 0 spiro atoms. The maximum Gasteiger partial charge on any atom is 0.272 e. The van der Waals surface area contributed by atoms with Crippen molar-refractivity contribution >= 4 is 46.0 Å². The first-order chi connectivity index (χ1) is 14.5. The van der Waals surface area contributed by atoms with E-state index in [2.05, 4.69) is 15.8 Å². The van der Waals surface area contributed by atoms with Gasteiger partial charge in [0.05, 0.1) is 16.9 Å². The van der Waals surface area contributed by atoms with Crippen LogP contribution >= 0.6 is 11.3 Å². The van der Waals surface area contributed by atoms with Crippen molar-refractivity contribution in [1.82, 2.24) is 15.8 Å². The quantitative estimate of drug-likeness (QED) is 0.485. The Labute approximate surface area is 175 Å². The fraction of sp³-hybridized carbons (Fsp3) is 0.0476. The molecule has 3 aromatic rings. The fourth-order valence-corrected chi connectivity index (χ4v) is 3.35. The van der Waals surface area contributed by atoms with E-state index in [0.29, 0.717) is 16.5 Å². The molecule has 2 N–H and O–H groups in total. The highest BCUT2D eigenvalue weighted by molar-refractivity contribution is 7.14. The standard InChI is InChI=1S/C21H17FN4O3S/c1-14(27)26(16-7-3-2-4-8-16)21-23-15(13-30-21)11-12-19(28)24-25-20(29)17-9-5-6-10-18(17)22/h2-13H,1H3,(H,24,28)(H,25,29)/b12-11+. The summed E-state index contributed by atoms with van der Waals surface area (Å²) < 4.78 is 13.6. The van der Waals surface area contributed by atoms with E-state index in [1.807, 2.05) is 18.2 Å². The number of aromatic nitrogens is 1. The zero-order valence-corrected chi connectivity index (χ0v) is 16.7. The topological polar surface area (TPSA) is 91.4 Å². The van der Waals surface area contributed by atoms with Crippen molar-refractivity contribution in [3.8, 4) is 0 Å². The van der Waals surface area contributed by atoms with Crippen LogP contribution in [0.2, 0.25) is 0 Å². The van der Waals surface area contributed by atoms with Gasteiger partial charge >= 0.3 is 0 Å². The SMILES string of the molecule is CC(=O)N(c1ccccc1)c1nc(/C=C/C(=O)NNC(=O)c2ccccc2F)cs1. The van der Waals surface area contributed by atoms with Crippen molar-refractivity contribution in [1.29, 1.82) is 0 Å². The minimum absolute atomic E-state index is 0.184. The summed E-state index contributed by atoms with van der Waals surface area (Å²) in [5, 5.41) is 2.15. The highest BCUT2D eigenvalue weighted by Crippen LogP contribution is 2.28. The molecular weight excluding hydrogens is 407 g/mol. The molecule has 0 atom stereocenters. The lowest BCUT2D eigenvalue weighted by molar-refractivity contribution is -0.117. The van der Waals surface area contributed by atoms with E-state index < -0.39 is 17.6 Å². The maximum absolute atomic E-state index is 13.6. The van der Waals surface area contributed by atoms with Crippen molar-refractivity contribution in [2.75, 3.05) is 4.90 Å². The predicted molar refractivity (Wildman–Crippen MR) is 112 cm³/mol. The van der Waals surface area contributed by atoms with Gasteiger partial charge in [0.1, 0.15) is 5.82 Å². The molecule has 1 aromatic heterocycles. The predicted octanol–water partition coefficient (Wildman–Crippen LogP) is 3.44. The largest absolute Gasteiger partial charge is 0.274 e. The van der Waals surface area contributed by atoms with Gasteiger partial charge in [0, 0.05) is 18.4 Å². The Balaban J connectivity index is 1.62. The summed E-state index contributed by atoms with van der Waals surface area (Å²) in [6.45, 7) is 1.44. The third-order valence-corrected chi connectivity index (χ3v) is 4.70. The Kier molecular flexibility index (Phi) is 6.66. The minimum atomic E-state index is -0.772. The lowest BCUT2D eigenvalue weighted by Crippen LogP contribution is -2.41. The molecule has 0 aliphatic rings. The number of carbonyl (C=O) groups excluding carboxylic acids is 3. The average Bonchev–Trinajstić information content (AvgIpc) is 3.20. The number of hydrogen-bond acceptors (Lipinski definition) is 5. The third-order valence-electron chi connectivity index (χ3n) is 3.85.